The van der Waals surface area contributed by atoms with E-state index in [0.29, 0.717) is 17.7 Å². The first-order valence-corrected chi connectivity index (χ1v) is 6.64. The number of aliphatic hydroxyl groups excluding tert-OH is 1. The fourth-order valence-corrected chi connectivity index (χ4v) is 1.93. The van der Waals surface area contributed by atoms with Gasteiger partial charge in [0.1, 0.15) is 5.82 Å². The number of amidine groups is 1. The van der Waals surface area contributed by atoms with E-state index in [1.165, 1.54) is 6.07 Å². The van der Waals surface area contributed by atoms with Crippen LogP contribution in [0.1, 0.15) is 30.4 Å². The molecule has 20 heavy (non-hydrogen) atoms. The quantitative estimate of drug-likeness (QED) is 0.222. The van der Waals surface area contributed by atoms with Crippen LogP contribution in [0.2, 0.25) is 0 Å². The van der Waals surface area contributed by atoms with E-state index in [0.717, 1.165) is 25.8 Å². The molecule has 6 heteroatoms. The first-order chi connectivity index (χ1) is 9.58. The number of halogens is 1. The molecule has 0 saturated carbocycles. The van der Waals surface area contributed by atoms with Crippen molar-refractivity contribution < 1.29 is 14.7 Å². The van der Waals surface area contributed by atoms with Crippen molar-refractivity contribution in [2.45, 2.75) is 25.8 Å². The van der Waals surface area contributed by atoms with Crippen molar-refractivity contribution >= 4 is 5.84 Å². The lowest BCUT2D eigenvalue weighted by molar-refractivity contribution is 0.270. The lowest BCUT2D eigenvalue weighted by atomic mass is 10.1. The number of oxime groups is 1. The standard InChI is InChI=1S/C14H22FN3O2/c1-18(7-3-2-4-8-19)10-12-6-5-11(9-13(12)15)14(16)17-20/h5-6,9,19-20H,2-4,7-8,10H2,1H3,(H2,16,17). The maximum atomic E-state index is 13.9. The van der Waals surface area contributed by atoms with Crippen LogP contribution in [0.5, 0.6) is 0 Å². The Balaban J connectivity index is 2.55. The number of hydrogen-bond donors (Lipinski definition) is 3. The minimum atomic E-state index is -0.365. The number of aliphatic hydroxyl groups is 1. The highest BCUT2D eigenvalue weighted by molar-refractivity contribution is 5.97. The lowest BCUT2D eigenvalue weighted by Crippen LogP contribution is -2.20. The Morgan fingerprint density at radius 1 is 1.35 bits per heavy atom. The molecule has 4 N–H and O–H groups in total. The van der Waals surface area contributed by atoms with Gasteiger partial charge in [-0.05, 0) is 38.9 Å². The third kappa shape index (κ3) is 5.14. The zero-order chi connectivity index (χ0) is 15.0. The Bertz CT molecular complexity index is 452. The molecule has 0 amide bonds. The first kappa shape index (κ1) is 16.4. The van der Waals surface area contributed by atoms with Crippen LogP contribution in [-0.4, -0.2) is 41.2 Å². The molecule has 0 spiro atoms. The van der Waals surface area contributed by atoms with E-state index in [1.807, 2.05) is 11.9 Å². The van der Waals surface area contributed by atoms with Gasteiger partial charge in [-0.3, -0.25) is 0 Å². The van der Waals surface area contributed by atoms with Crippen LogP contribution in [-0.2, 0) is 6.54 Å². The van der Waals surface area contributed by atoms with Crippen molar-refractivity contribution in [2.24, 2.45) is 10.9 Å². The van der Waals surface area contributed by atoms with E-state index in [1.54, 1.807) is 12.1 Å². The molecule has 0 aromatic heterocycles. The van der Waals surface area contributed by atoms with E-state index < -0.39 is 0 Å². The van der Waals surface area contributed by atoms with Gasteiger partial charge < -0.3 is 20.9 Å². The lowest BCUT2D eigenvalue weighted by Gasteiger charge is -2.17. The number of unbranched alkanes of at least 4 members (excludes halogenated alkanes) is 2. The summed E-state index contributed by atoms with van der Waals surface area (Å²) in [5.41, 5.74) is 6.34. The van der Waals surface area contributed by atoms with Crippen LogP contribution in [0.15, 0.2) is 23.4 Å². The van der Waals surface area contributed by atoms with Crippen LogP contribution in [0.25, 0.3) is 0 Å². The van der Waals surface area contributed by atoms with Gasteiger partial charge in [-0.15, -0.1) is 0 Å². The molecule has 0 atom stereocenters. The van der Waals surface area contributed by atoms with Gasteiger partial charge >= 0.3 is 0 Å². The molecule has 0 aliphatic rings. The Morgan fingerprint density at radius 2 is 2.10 bits per heavy atom. The molecule has 112 valence electrons. The molecule has 0 saturated heterocycles. The smallest absolute Gasteiger partial charge is 0.170 e. The SMILES string of the molecule is CN(CCCCCO)Cc1ccc(/C(N)=N/O)cc1F. The van der Waals surface area contributed by atoms with Crippen molar-refractivity contribution in [3.8, 4) is 0 Å². The van der Waals surface area contributed by atoms with Crippen molar-refractivity contribution in [2.75, 3.05) is 20.2 Å². The second-order valence-corrected chi connectivity index (χ2v) is 4.81. The number of hydrogen-bond acceptors (Lipinski definition) is 4. The van der Waals surface area contributed by atoms with Crippen molar-refractivity contribution in [1.82, 2.24) is 4.90 Å². The monoisotopic (exact) mass is 283 g/mol. The van der Waals surface area contributed by atoms with Crippen LogP contribution < -0.4 is 5.73 Å². The summed E-state index contributed by atoms with van der Waals surface area (Å²) < 4.78 is 13.9. The molecular weight excluding hydrogens is 261 g/mol. The molecule has 1 aromatic carbocycles. The summed E-state index contributed by atoms with van der Waals surface area (Å²) in [5.74, 6) is -0.468. The van der Waals surface area contributed by atoms with Gasteiger partial charge in [0.15, 0.2) is 5.84 Å². The van der Waals surface area contributed by atoms with Gasteiger partial charge in [-0.2, -0.15) is 0 Å². The normalized spacial score (nSPS) is 12.1. The van der Waals surface area contributed by atoms with Gasteiger partial charge in [-0.25, -0.2) is 4.39 Å². The highest BCUT2D eigenvalue weighted by Gasteiger charge is 2.08. The molecule has 0 fully saturated rings. The van der Waals surface area contributed by atoms with Crippen LogP contribution in [0, 0.1) is 5.82 Å². The molecule has 0 unspecified atom stereocenters. The average Bonchev–Trinajstić information content (AvgIpc) is 2.45. The largest absolute Gasteiger partial charge is 0.409 e. The first-order valence-electron chi connectivity index (χ1n) is 6.64. The summed E-state index contributed by atoms with van der Waals surface area (Å²) >= 11 is 0. The number of benzene rings is 1. The predicted molar refractivity (Wildman–Crippen MR) is 76.2 cm³/mol. The maximum Gasteiger partial charge on any atom is 0.170 e. The topological polar surface area (TPSA) is 82.1 Å². The van der Waals surface area contributed by atoms with Gasteiger partial charge in [0.25, 0.3) is 0 Å². The zero-order valence-corrected chi connectivity index (χ0v) is 11.7. The Hall–Kier alpha value is -1.66. The highest BCUT2D eigenvalue weighted by atomic mass is 19.1. The summed E-state index contributed by atoms with van der Waals surface area (Å²) in [5, 5.41) is 20.1. The Morgan fingerprint density at radius 3 is 2.70 bits per heavy atom. The average molecular weight is 283 g/mol. The van der Waals surface area contributed by atoms with Gasteiger partial charge in [-0.1, -0.05) is 17.3 Å². The molecule has 5 nitrogen and oxygen atoms in total. The van der Waals surface area contributed by atoms with Gasteiger partial charge in [0, 0.05) is 24.3 Å². The van der Waals surface area contributed by atoms with E-state index in [2.05, 4.69) is 5.16 Å². The second-order valence-electron chi connectivity index (χ2n) is 4.81. The van der Waals surface area contributed by atoms with Gasteiger partial charge in [0.05, 0.1) is 0 Å². The van der Waals surface area contributed by atoms with E-state index in [-0.39, 0.29) is 18.3 Å². The second kappa shape index (κ2) is 8.50. The maximum absolute atomic E-state index is 13.9. The summed E-state index contributed by atoms with van der Waals surface area (Å²) in [6, 6.07) is 4.55. The fourth-order valence-electron chi connectivity index (χ4n) is 1.93. The summed E-state index contributed by atoms with van der Waals surface area (Å²) in [6.45, 7) is 1.57. The summed E-state index contributed by atoms with van der Waals surface area (Å²) in [6.07, 6.45) is 2.74. The van der Waals surface area contributed by atoms with Crippen LogP contribution in [0.3, 0.4) is 0 Å². The number of nitrogens with zero attached hydrogens (tertiary/aromatic N) is 2. The molecular formula is C14H22FN3O2. The van der Waals surface area contributed by atoms with Crippen molar-refractivity contribution in [3.63, 3.8) is 0 Å². The molecule has 0 bridgehead atoms. The minimum absolute atomic E-state index is 0.104. The molecule has 1 rings (SSSR count). The van der Waals surface area contributed by atoms with Crippen LogP contribution in [0.4, 0.5) is 4.39 Å². The highest BCUT2D eigenvalue weighted by Crippen LogP contribution is 2.13. The predicted octanol–water partition coefficient (Wildman–Crippen LogP) is 1.51. The Kier molecular flexibility index (Phi) is 6.97. The number of rotatable bonds is 8. The van der Waals surface area contributed by atoms with Crippen molar-refractivity contribution in [1.29, 1.82) is 0 Å². The third-order valence-electron chi connectivity index (χ3n) is 3.09. The van der Waals surface area contributed by atoms with E-state index in [4.69, 9.17) is 16.0 Å². The molecule has 0 heterocycles. The van der Waals surface area contributed by atoms with Crippen LogP contribution >= 0.6 is 0 Å². The Labute approximate surface area is 118 Å². The zero-order valence-electron chi connectivity index (χ0n) is 11.7. The van der Waals surface area contributed by atoms with Gasteiger partial charge in [0.2, 0.25) is 0 Å². The van der Waals surface area contributed by atoms with Crippen molar-refractivity contribution in [3.05, 3.63) is 35.1 Å². The van der Waals surface area contributed by atoms with E-state index >= 15 is 0 Å². The summed E-state index contributed by atoms with van der Waals surface area (Å²) in [7, 11) is 1.93. The molecule has 0 radical (unpaired) electrons. The fraction of sp³-hybridized carbons (Fsp3) is 0.500. The molecule has 0 aliphatic heterocycles. The minimum Gasteiger partial charge on any atom is -0.409 e. The third-order valence-corrected chi connectivity index (χ3v) is 3.09. The van der Waals surface area contributed by atoms with E-state index in [9.17, 15) is 4.39 Å². The number of nitrogens with two attached hydrogens (primary N) is 1. The molecule has 0 aliphatic carbocycles. The molecule has 1 aromatic rings. The summed E-state index contributed by atoms with van der Waals surface area (Å²) in [4.78, 5) is 2.03.